The fourth-order valence-electron chi connectivity index (χ4n) is 3.05. The van der Waals surface area contributed by atoms with Crippen LogP contribution in [0.1, 0.15) is 18.1 Å². The standard InChI is InChI=1S/C17H20N4O6.C3H7NO2/c1-7-3-9-10(4-8(7)2)21(5-11(23)14(25)12(24)6-22)15-13(18-9)16(26)20-17(27)19-15;1-2-4-3(5)6/h3-4,11-12,14,22-25H,5-6H2,1-2H3,(H,20,26,27);4H,2H2,1H3,(H,5,6)/t11-,12+,14-;/m0./s1. The number of amides is 1. The lowest BCUT2D eigenvalue weighted by molar-refractivity contribution is -0.0802. The molecule has 0 unspecified atom stereocenters. The average Bonchev–Trinajstić information content (AvgIpc) is 2.74. The molecule has 1 amide bonds. The summed E-state index contributed by atoms with van der Waals surface area (Å²) in [5, 5.41) is 48.7. The van der Waals surface area contributed by atoms with E-state index >= 15 is 0 Å². The highest BCUT2D eigenvalue weighted by atomic mass is 16.4. The van der Waals surface area contributed by atoms with E-state index in [-0.39, 0.29) is 18.1 Å². The normalized spacial score (nSPS) is 13.8. The Kier molecular flexibility index (Phi) is 8.59. The fourth-order valence-corrected chi connectivity index (χ4v) is 3.05. The molecule has 3 atom stereocenters. The van der Waals surface area contributed by atoms with Crippen molar-refractivity contribution in [2.24, 2.45) is 0 Å². The van der Waals surface area contributed by atoms with Gasteiger partial charge in [0.05, 0.1) is 24.2 Å². The highest BCUT2D eigenvalue weighted by Crippen LogP contribution is 2.24. The fraction of sp³-hybridized carbons (Fsp3) is 0.450. The number of aryl methyl sites for hydroxylation is 2. The summed E-state index contributed by atoms with van der Waals surface area (Å²) >= 11 is 0. The van der Waals surface area contributed by atoms with Crippen LogP contribution >= 0.6 is 0 Å². The molecule has 1 aromatic carbocycles. The molecule has 0 saturated heterocycles. The van der Waals surface area contributed by atoms with Crippen molar-refractivity contribution in [1.29, 1.82) is 0 Å². The van der Waals surface area contributed by atoms with Crippen molar-refractivity contribution in [2.45, 2.75) is 45.6 Å². The van der Waals surface area contributed by atoms with Gasteiger partial charge in [0.25, 0.3) is 5.56 Å². The molecule has 0 bridgehead atoms. The molecule has 13 nitrogen and oxygen atoms in total. The number of carboxylic acid groups (broad SMARTS) is 1. The Morgan fingerprint density at radius 2 is 1.76 bits per heavy atom. The van der Waals surface area contributed by atoms with Crippen LogP contribution < -0.4 is 16.6 Å². The van der Waals surface area contributed by atoms with Gasteiger partial charge in [0.1, 0.15) is 18.3 Å². The first-order valence-corrected chi connectivity index (χ1v) is 10.0. The quantitative estimate of drug-likeness (QED) is 0.210. The largest absolute Gasteiger partial charge is 0.465 e. The number of aromatic nitrogens is 4. The second kappa shape index (κ2) is 11.0. The summed E-state index contributed by atoms with van der Waals surface area (Å²) in [5.41, 5.74) is 1.11. The van der Waals surface area contributed by atoms with Crippen molar-refractivity contribution in [3.05, 3.63) is 44.1 Å². The number of hydrogen-bond acceptors (Lipinski definition) is 9. The van der Waals surface area contributed by atoms with E-state index in [0.29, 0.717) is 17.6 Å². The molecular formula is C20H27N5O8. The zero-order valence-electron chi connectivity index (χ0n) is 18.3. The number of aromatic amines is 1. The molecule has 7 N–H and O–H groups in total. The van der Waals surface area contributed by atoms with Gasteiger partial charge in [-0.2, -0.15) is 4.98 Å². The summed E-state index contributed by atoms with van der Waals surface area (Å²) in [6.45, 7) is 4.94. The van der Waals surface area contributed by atoms with Crippen LogP contribution in [0, 0.1) is 13.8 Å². The Morgan fingerprint density at radius 1 is 1.12 bits per heavy atom. The van der Waals surface area contributed by atoms with Crippen LogP contribution in [0.5, 0.6) is 0 Å². The summed E-state index contributed by atoms with van der Waals surface area (Å²) in [6, 6.07) is 3.53. The Balaban J connectivity index is 0.000000569. The maximum Gasteiger partial charge on any atom is 0.404 e. The summed E-state index contributed by atoms with van der Waals surface area (Å²) in [6.07, 6.45) is -5.64. The summed E-state index contributed by atoms with van der Waals surface area (Å²) < 4.78 is 1.40. The van der Waals surface area contributed by atoms with Gasteiger partial charge in [-0.15, -0.1) is 0 Å². The second-order valence-electron chi connectivity index (χ2n) is 7.33. The smallest absolute Gasteiger partial charge is 0.404 e. The van der Waals surface area contributed by atoms with Crippen LogP contribution in [0.4, 0.5) is 4.79 Å². The number of aliphatic hydroxyl groups is 4. The first-order chi connectivity index (χ1) is 15.5. The van der Waals surface area contributed by atoms with Gasteiger partial charge in [-0.25, -0.2) is 14.6 Å². The third-order valence-corrected chi connectivity index (χ3v) is 4.90. The van der Waals surface area contributed by atoms with Gasteiger partial charge in [-0.3, -0.25) is 9.78 Å². The average molecular weight is 465 g/mol. The number of hydrogen-bond donors (Lipinski definition) is 7. The lowest BCUT2D eigenvalue weighted by Crippen LogP contribution is -2.42. The maximum atomic E-state index is 12.2. The lowest BCUT2D eigenvalue weighted by atomic mass is 10.1. The van der Waals surface area contributed by atoms with Gasteiger partial charge in [-0.05, 0) is 44.0 Å². The van der Waals surface area contributed by atoms with Gasteiger partial charge in [-0.1, -0.05) is 0 Å². The lowest BCUT2D eigenvalue weighted by Gasteiger charge is -2.25. The molecule has 2 aliphatic rings. The van der Waals surface area contributed by atoms with Crippen molar-refractivity contribution >= 4 is 17.1 Å². The van der Waals surface area contributed by atoms with E-state index in [1.54, 1.807) is 19.1 Å². The molecule has 0 fully saturated rings. The second-order valence-corrected chi connectivity index (χ2v) is 7.33. The molecule has 1 aromatic rings. The Bertz CT molecular complexity index is 1210. The van der Waals surface area contributed by atoms with Gasteiger partial charge in [0.2, 0.25) is 0 Å². The van der Waals surface area contributed by atoms with Crippen LogP contribution in [0.25, 0.3) is 22.6 Å². The minimum absolute atomic E-state index is 0.0516. The van der Waals surface area contributed by atoms with E-state index < -0.39 is 42.3 Å². The predicted octanol–water partition coefficient (Wildman–Crippen LogP) is -1.45. The van der Waals surface area contributed by atoms with Crippen LogP contribution in [-0.4, -0.2) is 82.6 Å². The summed E-state index contributed by atoms with van der Waals surface area (Å²) in [5.74, 6) is -0.0516. The van der Waals surface area contributed by atoms with E-state index in [1.165, 1.54) is 4.57 Å². The first-order valence-electron chi connectivity index (χ1n) is 10.0. The SMILES string of the molecule is CCNC(=O)O.Cc1cc2nc3c(=O)[nH]c(=O)nc-3n(C[C@H](O)[C@H](O)[C@H](O)CO)c2cc1C. The molecule has 0 spiro atoms. The van der Waals surface area contributed by atoms with Crippen LogP contribution in [0.2, 0.25) is 0 Å². The molecule has 13 heteroatoms. The predicted molar refractivity (Wildman–Crippen MR) is 117 cm³/mol. The molecule has 0 radical (unpaired) electrons. The van der Waals surface area contributed by atoms with Crippen LogP contribution in [0.15, 0.2) is 21.7 Å². The van der Waals surface area contributed by atoms with Crippen molar-refractivity contribution in [2.75, 3.05) is 13.2 Å². The molecule has 33 heavy (non-hydrogen) atoms. The van der Waals surface area contributed by atoms with Gasteiger partial charge in [0.15, 0.2) is 11.5 Å². The third kappa shape index (κ3) is 6.10. The number of carbonyl (C=O) groups is 1. The van der Waals surface area contributed by atoms with E-state index in [0.717, 1.165) is 11.1 Å². The zero-order chi connectivity index (χ0) is 24.9. The van der Waals surface area contributed by atoms with Crippen LogP contribution in [0.3, 0.4) is 0 Å². The number of rotatable bonds is 6. The van der Waals surface area contributed by atoms with Crippen LogP contribution in [-0.2, 0) is 6.54 Å². The van der Waals surface area contributed by atoms with Crippen molar-refractivity contribution in [3.8, 4) is 11.5 Å². The Labute approximate surface area is 187 Å². The topological polar surface area (TPSA) is 211 Å². The van der Waals surface area contributed by atoms with E-state index in [1.807, 2.05) is 13.8 Å². The highest BCUT2D eigenvalue weighted by molar-refractivity contribution is 5.81. The van der Waals surface area contributed by atoms with Gasteiger partial charge in [0, 0.05) is 6.54 Å². The Morgan fingerprint density at radius 3 is 2.30 bits per heavy atom. The number of nitrogens with zero attached hydrogens (tertiary/aromatic N) is 3. The van der Waals surface area contributed by atoms with Crippen molar-refractivity contribution < 1.29 is 30.3 Å². The maximum absolute atomic E-state index is 12.2. The monoisotopic (exact) mass is 465 g/mol. The molecule has 2 heterocycles. The molecule has 2 aliphatic heterocycles. The number of nitrogens with one attached hydrogen (secondary N) is 2. The molecule has 180 valence electrons. The van der Waals surface area contributed by atoms with Gasteiger partial charge < -0.3 is 35.4 Å². The summed E-state index contributed by atoms with van der Waals surface area (Å²) in [4.78, 5) is 43.5. The van der Waals surface area contributed by atoms with E-state index in [9.17, 15) is 29.7 Å². The minimum Gasteiger partial charge on any atom is -0.465 e. The van der Waals surface area contributed by atoms with E-state index in [4.69, 9.17) is 10.2 Å². The zero-order valence-corrected chi connectivity index (χ0v) is 18.3. The third-order valence-electron chi connectivity index (χ3n) is 4.90. The van der Waals surface area contributed by atoms with E-state index in [2.05, 4.69) is 20.3 Å². The summed E-state index contributed by atoms with van der Waals surface area (Å²) in [7, 11) is 0. The highest BCUT2D eigenvalue weighted by Gasteiger charge is 2.27. The molecule has 0 saturated carbocycles. The number of benzene rings is 1. The van der Waals surface area contributed by atoms with Crippen molar-refractivity contribution in [3.63, 3.8) is 0 Å². The van der Waals surface area contributed by atoms with Gasteiger partial charge >= 0.3 is 11.8 Å². The number of fused-ring (bicyclic) bond motifs is 2. The Hall–Kier alpha value is -3.39. The first kappa shape index (κ1) is 25.9. The number of aliphatic hydroxyl groups excluding tert-OH is 4. The minimum atomic E-state index is -1.64. The molecule has 3 rings (SSSR count). The molecular weight excluding hydrogens is 438 g/mol. The number of H-pyrrole nitrogens is 1. The molecule has 0 aliphatic carbocycles. The van der Waals surface area contributed by atoms with Crippen molar-refractivity contribution in [1.82, 2.24) is 24.8 Å². The molecule has 0 aromatic heterocycles.